The van der Waals surface area contributed by atoms with E-state index in [1.54, 1.807) is 6.20 Å². The summed E-state index contributed by atoms with van der Waals surface area (Å²) in [5.74, 6) is -4.68. The maximum absolute atomic E-state index is 12.9. The number of aromatic nitrogens is 1. The van der Waals surface area contributed by atoms with Gasteiger partial charge in [0.05, 0.1) is 6.04 Å². The van der Waals surface area contributed by atoms with Crippen molar-refractivity contribution in [2.45, 2.75) is 50.4 Å². The summed E-state index contributed by atoms with van der Waals surface area (Å²) in [5, 5.41) is 26.0. The molecular weight excluding hydrogens is 478 g/mol. The second-order valence-electron chi connectivity index (χ2n) is 7.98. The third-order valence-electron chi connectivity index (χ3n) is 5.28. The van der Waals surface area contributed by atoms with Gasteiger partial charge in [-0.1, -0.05) is 18.2 Å². The summed E-state index contributed by atoms with van der Waals surface area (Å²) in [6, 6.07) is 2.66. The van der Waals surface area contributed by atoms with Gasteiger partial charge in [0.25, 0.3) is 0 Å². The summed E-state index contributed by atoms with van der Waals surface area (Å²) in [5.41, 5.74) is 7.23. The van der Waals surface area contributed by atoms with Gasteiger partial charge in [0.2, 0.25) is 17.7 Å². The van der Waals surface area contributed by atoms with Crippen LogP contribution in [-0.4, -0.2) is 74.8 Å². The lowest BCUT2D eigenvalue weighted by atomic mass is 10.0. The Bertz CT molecular complexity index is 1090. The number of carbonyl (C=O) groups is 5. The van der Waals surface area contributed by atoms with Crippen LogP contribution in [0.4, 0.5) is 0 Å². The van der Waals surface area contributed by atoms with Crippen molar-refractivity contribution in [3.8, 4) is 0 Å². The second kappa shape index (κ2) is 12.8. The van der Waals surface area contributed by atoms with Crippen LogP contribution < -0.4 is 21.7 Å². The number of thiol groups is 1. The molecule has 12 nitrogen and oxygen atoms in total. The van der Waals surface area contributed by atoms with Crippen LogP contribution in [0.1, 0.15) is 25.3 Å². The summed E-state index contributed by atoms with van der Waals surface area (Å²) < 4.78 is 0. The van der Waals surface area contributed by atoms with Crippen LogP contribution in [-0.2, 0) is 30.4 Å². The molecular formula is C22H29N5O7S. The largest absolute Gasteiger partial charge is 0.481 e. The maximum atomic E-state index is 12.9. The number of nitrogens with two attached hydrogens (primary N) is 1. The van der Waals surface area contributed by atoms with E-state index < -0.39 is 53.8 Å². The highest BCUT2D eigenvalue weighted by Gasteiger charge is 2.29. The van der Waals surface area contributed by atoms with E-state index in [1.807, 2.05) is 24.3 Å². The van der Waals surface area contributed by atoms with Crippen molar-refractivity contribution in [1.29, 1.82) is 0 Å². The van der Waals surface area contributed by atoms with Crippen LogP contribution in [0.15, 0.2) is 30.5 Å². The van der Waals surface area contributed by atoms with Gasteiger partial charge in [-0.25, -0.2) is 0 Å². The number of hydrogen-bond acceptors (Lipinski definition) is 7. The molecule has 190 valence electrons. The van der Waals surface area contributed by atoms with E-state index >= 15 is 0 Å². The standard InChI is InChI=1S/C22H29N5O7S/c1-11(22(33)34)25-20(31)16(8-12-9-24-15-5-3-2-4-13(12)15)26-21(32)17(10-35)27-19(30)14(23)6-7-18(28)29/h2-5,9,11,14,16-17,24,35H,6-8,10,23H2,1H3,(H,25,31)(H,26,32)(H,27,30)(H,28,29)(H,33,34). The van der Waals surface area contributed by atoms with Gasteiger partial charge in [0.1, 0.15) is 18.1 Å². The highest BCUT2D eigenvalue weighted by molar-refractivity contribution is 7.80. The van der Waals surface area contributed by atoms with E-state index in [4.69, 9.17) is 15.9 Å². The molecule has 1 aromatic carbocycles. The van der Waals surface area contributed by atoms with Crippen LogP contribution >= 0.6 is 12.6 Å². The zero-order chi connectivity index (χ0) is 26.1. The number of benzene rings is 1. The SMILES string of the molecule is CC(NC(=O)C(Cc1c[nH]c2ccccc12)NC(=O)C(CS)NC(=O)C(N)CCC(=O)O)C(=O)O. The van der Waals surface area contributed by atoms with E-state index in [1.165, 1.54) is 6.92 Å². The van der Waals surface area contributed by atoms with Crippen molar-refractivity contribution in [2.75, 3.05) is 5.75 Å². The number of rotatable bonds is 13. The number of aromatic amines is 1. The molecule has 4 atom stereocenters. The third-order valence-corrected chi connectivity index (χ3v) is 5.65. The molecule has 1 heterocycles. The number of carboxylic acid groups (broad SMARTS) is 2. The topological polar surface area (TPSA) is 204 Å². The van der Waals surface area contributed by atoms with Gasteiger partial charge < -0.3 is 36.9 Å². The molecule has 0 aliphatic heterocycles. The van der Waals surface area contributed by atoms with Gasteiger partial charge in [0, 0.05) is 35.7 Å². The van der Waals surface area contributed by atoms with Gasteiger partial charge >= 0.3 is 11.9 Å². The fourth-order valence-corrected chi connectivity index (χ4v) is 3.52. The molecule has 13 heteroatoms. The van der Waals surface area contributed by atoms with Crippen molar-refractivity contribution in [1.82, 2.24) is 20.9 Å². The van der Waals surface area contributed by atoms with Crippen LogP contribution in [0.3, 0.4) is 0 Å². The smallest absolute Gasteiger partial charge is 0.325 e. The molecule has 0 saturated carbocycles. The Morgan fingerprint density at radius 3 is 2.26 bits per heavy atom. The summed E-state index contributed by atoms with van der Waals surface area (Å²) in [6.07, 6.45) is 1.29. The molecule has 0 fully saturated rings. The Hall–Kier alpha value is -3.58. The minimum Gasteiger partial charge on any atom is -0.481 e. The summed E-state index contributed by atoms with van der Waals surface area (Å²) in [4.78, 5) is 63.0. The van der Waals surface area contributed by atoms with Crippen LogP contribution in [0, 0.1) is 0 Å². The molecule has 4 unspecified atom stereocenters. The Balaban J connectivity index is 2.17. The Morgan fingerprint density at radius 1 is 1.00 bits per heavy atom. The monoisotopic (exact) mass is 507 g/mol. The highest BCUT2D eigenvalue weighted by atomic mass is 32.1. The number of nitrogens with one attached hydrogen (secondary N) is 4. The van der Waals surface area contributed by atoms with Crippen LogP contribution in [0.25, 0.3) is 10.9 Å². The van der Waals surface area contributed by atoms with E-state index in [9.17, 15) is 24.0 Å². The number of carboxylic acids is 2. The number of aliphatic carboxylic acids is 2. The van der Waals surface area contributed by atoms with Gasteiger partial charge in [0.15, 0.2) is 0 Å². The van der Waals surface area contributed by atoms with Gasteiger partial charge in [-0.05, 0) is 25.0 Å². The average Bonchev–Trinajstić information content (AvgIpc) is 3.22. The molecule has 0 radical (unpaired) electrons. The van der Waals surface area contributed by atoms with Gasteiger partial charge in [-0.3, -0.25) is 24.0 Å². The minimum atomic E-state index is -1.24. The summed E-state index contributed by atoms with van der Waals surface area (Å²) in [7, 11) is 0. The zero-order valence-electron chi connectivity index (χ0n) is 19.0. The lowest BCUT2D eigenvalue weighted by Gasteiger charge is -2.24. The van der Waals surface area contributed by atoms with E-state index in [2.05, 4.69) is 33.6 Å². The first kappa shape index (κ1) is 27.7. The Morgan fingerprint density at radius 2 is 1.63 bits per heavy atom. The molecule has 35 heavy (non-hydrogen) atoms. The van der Waals surface area contributed by atoms with Crippen molar-refractivity contribution >= 4 is 53.2 Å². The number of carbonyl (C=O) groups excluding carboxylic acids is 3. The third kappa shape index (κ3) is 8.00. The van der Waals surface area contributed by atoms with Gasteiger partial charge in [-0.15, -0.1) is 0 Å². The lowest BCUT2D eigenvalue weighted by Crippen LogP contribution is -2.58. The number of fused-ring (bicyclic) bond motifs is 1. The van der Waals surface area contributed by atoms with Crippen molar-refractivity contribution < 1.29 is 34.2 Å². The Kier molecular flexibility index (Phi) is 10.1. The Labute approximate surface area is 206 Å². The summed E-state index contributed by atoms with van der Waals surface area (Å²) in [6.45, 7) is 1.29. The van der Waals surface area contributed by atoms with Crippen LogP contribution in [0.5, 0.6) is 0 Å². The highest BCUT2D eigenvalue weighted by Crippen LogP contribution is 2.19. The first-order chi connectivity index (χ1) is 16.5. The molecule has 0 saturated heterocycles. The van der Waals surface area contributed by atoms with Crippen molar-refractivity contribution in [3.05, 3.63) is 36.0 Å². The van der Waals surface area contributed by atoms with E-state index in [0.717, 1.165) is 10.9 Å². The van der Waals surface area contributed by atoms with E-state index in [0.29, 0.717) is 5.56 Å². The number of H-pyrrole nitrogens is 1. The normalized spacial score (nSPS) is 14.4. The predicted molar refractivity (Wildman–Crippen MR) is 130 cm³/mol. The molecule has 0 bridgehead atoms. The fraction of sp³-hybridized carbons (Fsp3) is 0.409. The number of para-hydroxylation sites is 1. The molecule has 2 rings (SSSR count). The number of amides is 3. The van der Waals surface area contributed by atoms with Crippen molar-refractivity contribution in [2.24, 2.45) is 5.73 Å². The molecule has 0 aliphatic carbocycles. The first-order valence-corrected chi connectivity index (χ1v) is 11.4. The van der Waals surface area contributed by atoms with E-state index in [-0.39, 0.29) is 25.0 Å². The van der Waals surface area contributed by atoms with Crippen LogP contribution in [0.2, 0.25) is 0 Å². The molecule has 8 N–H and O–H groups in total. The number of hydrogen-bond donors (Lipinski definition) is 8. The van der Waals surface area contributed by atoms with Gasteiger partial charge in [-0.2, -0.15) is 12.6 Å². The lowest BCUT2D eigenvalue weighted by molar-refractivity contribution is -0.142. The first-order valence-electron chi connectivity index (χ1n) is 10.8. The average molecular weight is 508 g/mol. The molecule has 0 aliphatic rings. The van der Waals surface area contributed by atoms with Crippen molar-refractivity contribution in [3.63, 3.8) is 0 Å². The predicted octanol–water partition coefficient (Wildman–Crippen LogP) is -0.609. The second-order valence-corrected chi connectivity index (χ2v) is 8.34. The maximum Gasteiger partial charge on any atom is 0.325 e. The molecule has 3 amide bonds. The quantitative estimate of drug-likeness (QED) is 0.164. The molecule has 2 aromatic rings. The molecule has 0 spiro atoms. The summed E-state index contributed by atoms with van der Waals surface area (Å²) >= 11 is 4.08. The fourth-order valence-electron chi connectivity index (χ4n) is 3.26. The molecule has 1 aromatic heterocycles. The zero-order valence-corrected chi connectivity index (χ0v) is 19.9. The minimum absolute atomic E-state index is 0.0410.